The second kappa shape index (κ2) is 11.7. The van der Waals surface area contributed by atoms with Crippen LogP contribution >= 0.6 is 0 Å². The van der Waals surface area contributed by atoms with Gasteiger partial charge in [-0.05, 0) is 16.7 Å². The first-order valence-electron chi connectivity index (χ1n) is 11.0. The Bertz CT molecular complexity index is 979. The van der Waals surface area contributed by atoms with Crippen molar-refractivity contribution in [3.63, 3.8) is 0 Å². The minimum absolute atomic E-state index is 0.199. The average molecular weight is 449 g/mol. The predicted molar refractivity (Wildman–Crippen MR) is 122 cm³/mol. The van der Waals surface area contributed by atoms with Crippen molar-refractivity contribution in [3.8, 4) is 0 Å². The summed E-state index contributed by atoms with van der Waals surface area (Å²) in [5.41, 5.74) is 2.83. The third kappa shape index (κ3) is 6.73. The van der Waals surface area contributed by atoms with Crippen molar-refractivity contribution >= 4 is 5.97 Å². The first-order chi connectivity index (χ1) is 16.2. The van der Waals surface area contributed by atoms with Crippen LogP contribution in [0.15, 0.2) is 91.0 Å². The summed E-state index contributed by atoms with van der Waals surface area (Å²) in [7, 11) is 0. The number of hydrogen-bond donors (Lipinski definition) is 1. The summed E-state index contributed by atoms with van der Waals surface area (Å²) >= 11 is 0. The topological polar surface area (TPSA) is 74.2 Å². The highest BCUT2D eigenvalue weighted by Gasteiger charge is 2.43. The molecule has 6 nitrogen and oxygen atoms in total. The number of aliphatic hydroxyl groups excluding tert-OH is 1. The number of ether oxygens (including phenoxy) is 4. The second-order valence-corrected chi connectivity index (χ2v) is 7.95. The molecule has 1 saturated heterocycles. The Balaban J connectivity index is 1.54. The predicted octanol–water partition coefficient (Wildman–Crippen LogP) is 4.01. The molecule has 0 aliphatic carbocycles. The largest absolute Gasteiger partial charge is 0.433 e. The molecule has 33 heavy (non-hydrogen) atoms. The minimum Gasteiger partial charge on any atom is -0.433 e. The van der Waals surface area contributed by atoms with Crippen LogP contribution in [0.3, 0.4) is 0 Å². The molecule has 0 amide bonds. The van der Waals surface area contributed by atoms with E-state index in [9.17, 15) is 9.90 Å². The molecule has 0 spiro atoms. The van der Waals surface area contributed by atoms with E-state index in [2.05, 4.69) is 0 Å². The highest BCUT2D eigenvalue weighted by atomic mass is 16.7. The summed E-state index contributed by atoms with van der Waals surface area (Å²) in [5, 5.41) is 10.8. The van der Waals surface area contributed by atoms with Gasteiger partial charge >= 0.3 is 5.97 Å². The summed E-state index contributed by atoms with van der Waals surface area (Å²) < 4.78 is 23.8. The van der Waals surface area contributed by atoms with Crippen molar-refractivity contribution in [2.75, 3.05) is 0 Å². The number of rotatable bonds is 9. The van der Waals surface area contributed by atoms with E-state index >= 15 is 0 Å². The SMILES string of the molecule is O=C1C[C@H](O)[C@H](OCc2ccccc2)[C@@H](OCc2ccccc2)[C@H](OCc2ccccc2)O1. The van der Waals surface area contributed by atoms with Crippen LogP contribution in [0.4, 0.5) is 0 Å². The van der Waals surface area contributed by atoms with E-state index in [1.165, 1.54) is 0 Å². The third-order valence-corrected chi connectivity index (χ3v) is 5.42. The number of benzene rings is 3. The average Bonchev–Trinajstić information content (AvgIpc) is 2.96. The quantitative estimate of drug-likeness (QED) is 0.499. The zero-order valence-corrected chi connectivity index (χ0v) is 18.3. The lowest BCUT2D eigenvalue weighted by molar-refractivity contribution is -0.236. The Morgan fingerprint density at radius 3 is 1.58 bits per heavy atom. The molecule has 4 rings (SSSR count). The van der Waals surface area contributed by atoms with Gasteiger partial charge in [-0.25, -0.2) is 0 Å². The molecule has 0 unspecified atom stereocenters. The molecule has 6 heteroatoms. The maximum atomic E-state index is 12.4. The van der Waals surface area contributed by atoms with Crippen LogP contribution < -0.4 is 0 Å². The lowest BCUT2D eigenvalue weighted by atomic mass is 10.1. The van der Waals surface area contributed by atoms with Gasteiger partial charge in [0.25, 0.3) is 0 Å². The second-order valence-electron chi connectivity index (χ2n) is 7.95. The van der Waals surface area contributed by atoms with Gasteiger partial charge in [-0.3, -0.25) is 4.79 Å². The van der Waals surface area contributed by atoms with Crippen LogP contribution in [-0.4, -0.2) is 35.7 Å². The molecule has 0 saturated carbocycles. The summed E-state index contributed by atoms with van der Waals surface area (Å²) in [4.78, 5) is 12.4. The Morgan fingerprint density at radius 1 is 0.667 bits per heavy atom. The number of esters is 1. The van der Waals surface area contributed by atoms with Crippen LogP contribution in [0.25, 0.3) is 0 Å². The van der Waals surface area contributed by atoms with Gasteiger partial charge in [0.1, 0.15) is 12.2 Å². The highest BCUT2D eigenvalue weighted by Crippen LogP contribution is 2.26. The molecule has 1 N–H and O–H groups in total. The summed E-state index contributed by atoms with van der Waals surface area (Å²) in [5.74, 6) is -0.556. The van der Waals surface area contributed by atoms with Gasteiger partial charge in [0.2, 0.25) is 6.29 Å². The van der Waals surface area contributed by atoms with Crippen molar-refractivity contribution < 1.29 is 28.8 Å². The third-order valence-electron chi connectivity index (χ3n) is 5.42. The van der Waals surface area contributed by atoms with Crippen LogP contribution in [0.2, 0.25) is 0 Å². The Hall–Kier alpha value is -3.03. The molecular weight excluding hydrogens is 420 g/mol. The smallest absolute Gasteiger partial charge is 0.310 e. The van der Waals surface area contributed by atoms with Crippen LogP contribution in [0.5, 0.6) is 0 Å². The standard InChI is InChI=1S/C27H28O6/c28-23-16-24(29)33-27(32-19-22-14-8-3-9-15-22)26(31-18-21-12-6-2-7-13-21)25(23)30-17-20-10-4-1-5-11-20/h1-15,23,25-28H,16-19H2/t23-,25-,26+,27+/m0/s1. The van der Waals surface area contributed by atoms with E-state index in [1.807, 2.05) is 91.0 Å². The normalized spacial score (nSPS) is 23.0. The zero-order chi connectivity index (χ0) is 22.9. The van der Waals surface area contributed by atoms with Gasteiger partial charge in [0.05, 0.1) is 32.3 Å². The molecule has 1 aliphatic rings. The lowest BCUT2D eigenvalue weighted by Gasteiger charge is -2.32. The van der Waals surface area contributed by atoms with Gasteiger partial charge < -0.3 is 24.1 Å². The molecule has 3 aromatic carbocycles. The van der Waals surface area contributed by atoms with Gasteiger partial charge in [-0.15, -0.1) is 0 Å². The van der Waals surface area contributed by atoms with E-state index in [-0.39, 0.29) is 26.2 Å². The fourth-order valence-corrected chi connectivity index (χ4v) is 3.70. The molecule has 0 radical (unpaired) electrons. The van der Waals surface area contributed by atoms with E-state index in [1.54, 1.807) is 0 Å². The van der Waals surface area contributed by atoms with Crippen LogP contribution in [0.1, 0.15) is 23.1 Å². The fourth-order valence-electron chi connectivity index (χ4n) is 3.70. The van der Waals surface area contributed by atoms with E-state index in [0.29, 0.717) is 0 Å². The van der Waals surface area contributed by atoms with Gasteiger partial charge in [-0.1, -0.05) is 91.0 Å². The Morgan fingerprint density at radius 2 is 1.09 bits per heavy atom. The highest BCUT2D eigenvalue weighted by molar-refractivity contribution is 5.70. The fraction of sp³-hybridized carbons (Fsp3) is 0.296. The number of aliphatic hydroxyl groups is 1. The lowest BCUT2D eigenvalue weighted by Crippen LogP contribution is -2.47. The molecule has 1 aliphatic heterocycles. The molecule has 172 valence electrons. The molecule has 0 aromatic heterocycles. The van der Waals surface area contributed by atoms with Crippen molar-refractivity contribution in [2.45, 2.75) is 50.8 Å². The molecule has 3 aromatic rings. The molecular formula is C27H28O6. The van der Waals surface area contributed by atoms with E-state index in [0.717, 1.165) is 16.7 Å². The first-order valence-corrected chi connectivity index (χ1v) is 11.0. The monoisotopic (exact) mass is 448 g/mol. The number of hydrogen-bond acceptors (Lipinski definition) is 6. The van der Waals surface area contributed by atoms with Crippen LogP contribution in [-0.2, 0) is 43.6 Å². The summed E-state index contributed by atoms with van der Waals surface area (Å²) in [6, 6.07) is 28.9. The maximum absolute atomic E-state index is 12.4. The number of carbonyl (C=O) groups is 1. The van der Waals surface area contributed by atoms with Gasteiger partial charge in [0.15, 0.2) is 0 Å². The van der Waals surface area contributed by atoms with Crippen molar-refractivity contribution in [3.05, 3.63) is 108 Å². The Labute approximate surface area is 193 Å². The molecule has 0 bridgehead atoms. The molecule has 1 fully saturated rings. The Kier molecular flexibility index (Phi) is 8.22. The van der Waals surface area contributed by atoms with Crippen molar-refractivity contribution in [2.24, 2.45) is 0 Å². The van der Waals surface area contributed by atoms with Crippen molar-refractivity contribution in [1.29, 1.82) is 0 Å². The van der Waals surface area contributed by atoms with Crippen LogP contribution in [0, 0.1) is 0 Å². The number of carbonyl (C=O) groups excluding carboxylic acids is 1. The summed E-state index contributed by atoms with van der Waals surface area (Å²) in [6.45, 7) is 0.741. The van der Waals surface area contributed by atoms with Gasteiger partial charge in [0, 0.05) is 0 Å². The maximum Gasteiger partial charge on any atom is 0.310 e. The molecule has 1 heterocycles. The van der Waals surface area contributed by atoms with Gasteiger partial charge in [-0.2, -0.15) is 0 Å². The first kappa shape index (κ1) is 23.1. The number of cyclic esters (lactones) is 1. The van der Waals surface area contributed by atoms with Crippen molar-refractivity contribution in [1.82, 2.24) is 0 Å². The summed E-state index contributed by atoms with van der Waals surface area (Å²) in [6.07, 6.45) is -3.96. The molecule has 4 atom stereocenters. The zero-order valence-electron chi connectivity index (χ0n) is 18.3. The van der Waals surface area contributed by atoms with E-state index < -0.39 is 30.6 Å². The minimum atomic E-state index is -1.09. The van der Waals surface area contributed by atoms with E-state index in [4.69, 9.17) is 18.9 Å².